The minimum Gasteiger partial charge on any atom is -0.489 e. The lowest BCUT2D eigenvalue weighted by Crippen LogP contribution is -2.59. The summed E-state index contributed by atoms with van der Waals surface area (Å²) in [5.74, 6) is -1.37. The molecule has 3 N–H and O–H groups in total. The van der Waals surface area contributed by atoms with E-state index in [9.17, 15) is 24.3 Å². The third-order valence-corrected chi connectivity index (χ3v) is 6.10. The quantitative estimate of drug-likeness (QED) is 0.548. The van der Waals surface area contributed by atoms with Gasteiger partial charge in [0.2, 0.25) is 11.8 Å². The van der Waals surface area contributed by atoms with E-state index < -0.39 is 23.5 Å². The van der Waals surface area contributed by atoms with Gasteiger partial charge in [0.25, 0.3) is 0 Å². The van der Waals surface area contributed by atoms with Crippen molar-refractivity contribution in [1.82, 2.24) is 15.5 Å². The number of hydrogen-bond acceptors (Lipinski definition) is 8. The van der Waals surface area contributed by atoms with Gasteiger partial charge >= 0.3 is 12.1 Å². The monoisotopic (exact) mass is 474 g/mol. The van der Waals surface area contributed by atoms with Crippen molar-refractivity contribution in [3.8, 4) is 5.75 Å². The van der Waals surface area contributed by atoms with Crippen LogP contribution in [0, 0.1) is 0 Å². The second kappa shape index (κ2) is 9.13. The lowest BCUT2D eigenvalue weighted by Gasteiger charge is -2.46. The molecule has 0 aromatic heterocycles. The fourth-order valence-electron chi connectivity index (χ4n) is 4.48. The molecule has 11 nitrogen and oxygen atoms in total. The number of anilines is 1. The molecule has 3 aliphatic heterocycles. The second-order valence-corrected chi connectivity index (χ2v) is 9.71. The highest BCUT2D eigenvalue weighted by Gasteiger charge is 2.38. The number of aromatic carboxylic acids is 1. The third kappa shape index (κ3) is 4.93. The molecule has 2 fully saturated rings. The van der Waals surface area contributed by atoms with Crippen LogP contribution in [0.5, 0.6) is 5.75 Å². The van der Waals surface area contributed by atoms with Gasteiger partial charge in [-0.2, -0.15) is 0 Å². The first kappa shape index (κ1) is 23.8. The number of carboxylic acids is 1. The van der Waals surface area contributed by atoms with Gasteiger partial charge in [-0.25, -0.2) is 9.59 Å². The fraction of sp³-hybridized carbons (Fsp3) is 0.565. The Balaban J connectivity index is 1.53. The average Bonchev–Trinajstić information content (AvgIpc) is 2.76. The molecule has 0 saturated carbocycles. The van der Waals surface area contributed by atoms with E-state index in [1.165, 1.54) is 6.07 Å². The maximum atomic E-state index is 12.5. The van der Waals surface area contributed by atoms with Crippen molar-refractivity contribution in [2.24, 2.45) is 0 Å². The van der Waals surface area contributed by atoms with Crippen molar-refractivity contribution < 1.29 is 33.8 Å². The molecule has 3 amide bonds. The number of amides is 3. The van der Waals surface area contributed by atoms with Gasteiger partial charge < -0.3 is 29.7 Å². The van der Waals surface area contributed by atoms with Crippen LogP contribution in [0.25, 0.3) is 0 Å². The Hall–Kier alpha value is -3.34. The van der Waals surface area contributed by atoms with Crippen LogP contribution in [0.4, 0.5) is 10.5 Å². The number of piperazine rings is 1. The number of hydrogen-bond donors (Lipinski definition) is 3. The smallest absolute Gasteiger partial charge is 0.410 e. The Morgan fingerprint density at radius 3 is 2.71 bits per heavy atom. The predicted octanol–water partition coefficient (Wildman–Crippen LogP) is 1.10. The number of piperidine rings is 1. The number of imide groups is 1. The zero-order valence-electron chi connectivity index (χ0n) is 19.6. The molecular weight excluding hydrogens is 444 g/mol. The van der Waals surface area contributed by atoms with Crippen molar-refractivity contribution in [3.63, 3.8) is 0 Å². The van der Waals surface area contributed by atoms with Crippen LogP contribution in [0.15, 0.2) is 12.1 Å². The molecule has 0 radical (unpaired) electrons. The largest absolute Gasteiger partial charge is 0.489 e. The molecule has 2 saturated heterocycles. The summed E-state index contributed by atoms with van der Waals surface area (Å²) in [5.41, 5.74) is 0.707. The van der Waals surface area contributed by atoms with Crippen LogP contribution < -0.4 is 20.3 Å². The first-order valence-corrected chi connectivity index (χ1v) is 11.4. The Morgan fingerprint density at radius 1 is 1.26 bits per heavy atom. The van der Waals surface area contributed by atoms with Gasteiger partial charge in [0, 0.05) is 38.2 Å². The van der Waals surface area contributed by atoms with Crippen molar-refractivity contribution in [2.45, 2.75) is 57.8 Å². The molecule has 0 spiro atoms. The number of carboxylic acid groups (broad SMARTS) is 1. The van der Waals surface area contributed by atoms with Crippen molar-refractivity contribution in [1.29, 1.82) is 0 Å². The molecular formula is C23H30N4O7. The zero-order valence-corrected chi connectivity index (χ0v) is 19.6. The summed E-state index contributed by atoms with van der Waals surface area (Å²) in [5, 5.41) is 15.1. The summed E-state index contributed by atoms with van der Waals surface area (Å²) in [7, 11) is 0. The van der Waals surface area contributed by atoms with Crippen molar-refractivity contribution >= 4 is 29.6 Å². The molecule has 4 rings (SSSR count). The molecule has 1 aromatic rings. The van der Waals surface area contributed by atoms with E-state index in [1.54, 1.807) is 11.0 Å². The van der Waals surface area contributed by atoms with E-state index in [2.05, 4.69) is 15.5 Å². The van der Waals surface area contributed by atoms with Gasteiger partial charge in [0.15, 0.2) is 0 Å². The molecule has 2 atom stereocenters. The molecule has 1 unspecified atom stereocenters. The van der Waals surface area contributed by atoms with Gasteiger partial charge in [-0.3, -0.25) is 14.9 Å². The topological polar surface area (TPSA) is 138 Å². The van der Waals surface area contributed by atoms with Gasteiger partial charge in [0.1, 0.15) is 18.0 Å². The Labute approximate surface area is 197 Å². The normalized spacial score (nSPS) is 22.3. The Kier molecular flexibility index (Phi) is 6.39. The van der Waals surface area contributed by atoms with Crippen molar-refractivity contribution in [3.05, 3.63) is 23.3 Å². The number of ether oxygens (including phenoxy) is 2. The standard InChI is InChI=1S/C23H30N4O7/c1-23(2,3)34-22(32)26-8-9-27-13(11-26)12-33-19-15(14(21(30)31)4-6-17(19)27)10-24-16-5-7-18(28)25-20(16)29/h4,6,13,16,24H,5,7-12H2,1-3H3,(H,30,31)(H,25,28,29)/t13-,16?/m1/s1. The summed E-state index contributed by atoms with van der Waals surface area (Å²) in [6.45, 7) is 7.30. The van der Waals surface area contributed by atoms with Crippen molar-refractivity contribution in [2.75, 3.05) is 31.1 Å². The highest BCUT2D eigenvalue weighted by atomic mass is 16.6. The van der Waals surface area contributed by atoms with Gasteiger partial charge in [0.05, 0.1) is 23.3 Å². The fourth-order valence-corrected chi connectivity index (χ4v) is 4.48. The Morgan fingerprint density at radius 2 is 2.03 bits per heavy atom. The van der Waals surface area contributed by atoms with Crippen LogP contribution >= 0.6 is 0 Å². The molecule has 3 heterocycles. The number of carbonyl (C=O) groups is 4. The SMILES string of the molecule is CC(C)(C)OC(=O)N1CCN2c3ccc(C(=O)O)c(CNC4CCC(=O)NC4=O)c3OC[C@H]2C1. The van der Waals surface area contributed by atoms with E-state index in [4.69, 9.17) is 9.47 Å². The highest BCUT2D eigenvalue weighted by Crippen LogP contribution is 2.40. The van der Waals surface area contributed by atoms with Gasteiger partial charge in [-0.15, -0.1) is 0 Å². The zero-order chi connectivity index (χ0) is 24.6. The summed E-state index contributed by atoms with van der Waals surface area (Å²) < 4.78 is 11.5. The van der Waals surface area contributed by atoms with Crippen LogP contribution in [-0.4, -0.2) is 77.8 Å². The summed E-state index contributed by atoms with van der Waals surface area (Å²) >= 11 is 0. The van der Waals surface area contributed by atoms with Crippen LogP contribution in [-0.2, 0) is 20.9 Å². The van der Waals surface area contributed by atoms with Gasteiger partial charge in [-0.05, 0) is 39.3 Å². The minimum atomic E-state index is -1.09. The molecule has 11 heteroatoms. The number of benzene rings is 1. The first-order chi connectivity index (χ1) is 16.0. The number of carbonyl (C=O) groups excluding carboxylic acids is 3. The molecule has 3 aliphatic rings. The van der Waals surface area contributed by atoms with E-state index in [0.717, 1.165) is 5.69 Å². The number of nitrogens with one attached hydrogen (secondary N) is 2. The van der Waals surface area contributed by atoms with Gasteiger partial charge in [-0.1, -0.05) is 0 Å². The van der Waals surface area contributed by atoms with E-state index in [0.29, 0.717) is 37.4 Å². The molecule has 1 aromatic carbocycles. The molecule has 184 valence electrons. The summed E-state index contributed by atoms with van der Waals surface area (Å²) in [6.07, 6.45) is 0.202. The lowest BCUT2D eigenvalue weighted by atomic mass is 9.99. The highest BCUT2D eigenvalue weighted by molar-refractivity contribution is 6.00. The number of fused-ring (bicyclic) bond motifs is 3. The Bertz CT molecular complexity index is 1020. The second-order valence-electron chi connectivity index (χ2n) is 9.71. The molecule has 0 bridgehead atoms. The van der Waals surface area contributed by atoms with Crippen LogP contribution in [0.3, 0.4) is 0 Å². The summed E-state index contributed by atoms with van der Waals surface area (Å²) in [6, 6.07) is 2.57. The third-order valence-electron chi connectivity index (χ3n) is 6.10. The van der Waals surface area contributed by atoms with Crippen LogP contribution in [0.1, 0.15) is 49.5 Å². The average molecular weight is 475 g/mol. The van der Waals surface area contributed by atoms with E-state index in [1.807, 2.05) is 20.8 Å². The number of nitrogens with zero attached hydrogens (tertiary/aromatic N) is 2. The van der Waals surface area contributed by atoms with Crippen LogP contribution in [0.2, 0.25) is 0 Å². The molecule has 0 aliphatic carbocycles. The number of rotatable bonds is 4. The molecule has 34 heavy (non-hydrogen) atoms. The van der Waals surface area contributed by atoms with E-state index >= 15 is 0 Å². The summed E-state index contributed by atoms with van der Waals surface area (Å²) in [4.78, 5) is 51.7. The first-order valence-electron chi connectivity index (χ1n) is 11.4. The minimum absolute atomic E-state index is 0.0874. The maximum absolute atomic E-state index is 12.5. The van der Waals surface area contributed by atoms with E-state index in [-0.39, 0.29) is 43.2 Å². The maximum Gasteiger partial charge on any atom is 0.410 e. The predicted molar refractivity (Wildman–Crippen MR) is 121 cm³/mol. The lowest BCUT2D eigenvalue weighted by molar-refractivity contribution is -0.134.